The van der Waals surface area contributed by atoms with E-state index in [0.29, 0.717) is 35.7 Å². The molecule has 0 aromatic heterocycles. The highest BCUT2D eigenvalue weighted by Crippen LogP contribution is 2.64. The summed E-state index contributed by atoms with van der Waals surface area (Å²) in [5.74, 6) is 3.07. The molecule has 3 nitrogen and oxygen atoms in total. The molecule has 0 heterocycles. The van der Waals surface area contributed by atoms with Crippen LogP contribution in [0.3, 0.4) is 0 Å². The van der Waals surface area contributed by atoms with Crippen LogP contribution in [0.4, 0.5) is 0 Å². The summed E-state index contributed by atoms with van der Waals surface area (Å²) in [7, 11) is 1.86. The van der Waals surface area contributed by atoms with Crippen molar-refractivity contribution in [3.63, 3.8) is 0 Å². The van der Waals surface area contributed by atoms with E-state index in [1.807, 2.05) is 7.11 Å². The summed E-state index contributed by atoms with van der Waals surface area (Å²) in [5.41, 5.74) is 3.53. The van der Waals surface area contributed by atoms with Crippen LogP contribution in [0, 0.1) is 35.0 Å². The Kier molecular flexibility index (Phi) is 5.03. The Balaban J connectivity index is 1.70. The number of carbonyl (C=O) groups excluding carboxylic acids is 1. The van der Waals surface area contributed by atoms with Gasteiger partial charge in [-0.3, -0.25) is 4.79 Å². The van der Waals surface area contributed by atoms with Gasteiger partial charge in [0.1, 0.15) is 6.10 Å². The molecule has 0 bridgehead atoms. The summed E-state index contributed by atoms with van der Waals surface area (Å²) in [5, 5.41) is 0. The van der Waals surface area contributed by atoms with Gasteiger partial charge in [0.2, 0.25) is 0 Å². The van der Waals surface area contributed by atoms with Crippen LogP contribution in [-0.2, 0) is 14.3 Å². The van der Waals surface area contributed by atoms with Crippen molar-refractivity contribution in [2.24, 2.45) is 35.0 Å². The van der Waals surface area contributed by atoms with Crippen LogP contribution in [-0.4, -0.2) is 25.3 Å². The second kappa shape index (κ2) is 7.06. The van der Waals surface area contributed by atoms with Gasteiger partial charge < -0.3 is 9.47 Å². The lowest BCUT2D eigenvalue weighted by Crippen LogP contribution is -2.52. The molecular formula is C24H36O3. The van der Waals surface area contributed by atoms with Gasteiger partial charge in [0.05, 0.1) is 6.10 Å². The first kappa shape index (κ1) is 19.2. The van der Waals surface area contributed by atoms with Crippen molar-refractivity contribution in [3.05, 3.63) is 23.8 Å². The lowest BCUT2D eigenvalue weighted by molar-refractivity contribution is -0.157. The summed E-state index contributed by atoms with van der Waals surface area (Å²) in [4.78, 5) is 11.7. The monoisotopic (exact) mass is 372 g/mol. The maximum Gasteiger partial charge on any atom is 0.302 e. The van der Waals surface area contributed by atoms with E-state index in [4.69, 9.17) is 9.47 Å². The fourth-order valence-electron chi connectivity index (χ4n) is 7.52. The van der Waals surface area contributed by atoms with Gasteiger partial charge in [-0.05, 0) is 74.5 Å². The number of rotatable bonds is 3. The Hall–Kier alpha value is -1.09. The molecule has 0 N–H and O–H groups in total. The predicted octanol–water partition coefficient (Wildman–Crippen LogP) is 5.31. The molecule has 150 valence electrons. The van der Waals surface area contributed by atoms with Gasteiger partial charge in [0.15, 0.2) is 0 Å². The first-order valence-electron chi connectivity index (χ1n) is 10.9. The molecule has 4 aliphatic carbocycles. The quantitative estimate of drug-likeness (QED) is 0.497. The highest BCUT2D eigenvalue weighted by Gasteiger charge is 2.60. The minimum absolute atomic E-state index is 0.0789. The number of ether oxygens (including phenoxy) is 2. The van der Waals surface area contributed by atoms with E-state index in [2.05, 4.69) is 26.5 Å². The molecule has 2 saturated carbocycles. The van der Waals surface area contributed by atoms with Crippen molar-refractivity contribution in [1.82, 2.24) is 0 Å². The number of esters is 1. The van der Waals surface area contributed by atoms with E-state index < -0.39 is 0 Å². The van der Waals surface area contributed by atoms with Crippen LogP contribution in [0.5, 0.6) is 0 Å². The van der Waals surface area contributed by atoms with Crippen molar-refractivity contribution in [2.45, 2.75) is 77.9 Å². The van der Waals surface area contributed by atoms with Crippen LogP contribution in [0.15, 0.2) is 23.8 Å². The smallest absolute Gasteiger partial charge is 0.302 e. The molecule has 8 atom stereocenters. The van der Waals surface area contributed by atoms with Crippen molar-refractivity contribution in [2.75, 3.05) is 7.11 Å². The lowest BCUT2D eigenvalue weighted by Gasteiger charge is -2.57. The fraction of sp³-hybridized carbons (Fsp3) is 0.792. The van der Waals surface area contributed by atoms with Gasteiger partial charge in [-0.2, -0.15) is 0 Å². The van der Waals surface area contributed by atoms with Crippen LogP contribution in [0.1, 0.15) is 65.7 Å². The van der Waals surface area contributed by atoms with Crippen molar-refractivity contribution < 1.29 is 14.3 Å². The number of hydrogen-bond acceptors (Lipinski definition) is 3. The van der Waals surface area contributed by atoms with Crippen LogP contribution in [0.2, 0.25) is 0 Å². The highest BCUT2D eigenvalue weighted by molar-refractivity contribution is 5.66. The van der Waals surface area contributed by atoms with Gasteiger partial charge in [-0.25, -0.2) is 0 Å². The number of fused-ring (bicyclic) bond motifs is 4. The summed E-state index contributed by atoms with van der Waals surface area (Å²) < 4.78 is 11.5. The van der Waals surface area contributed by atoms with Gasteiger partial charge in [0.25, 0.3) is 0 Å². The summed E-state index contributed by atoms with van der Waals surface area (Å²) in [6.07, 6.45) is 10.7. The Morgan fingerprint density at radius 2 is 2.04 bits per heavy atom. The molecule has 0 saturated heterocycles. The van der Waals surface area contributed by atoms with E-state index in [1.54, 1.807) is 18.1 Å². The minimum atomic E-state index is -0.126. The lowest BCUT2D eigenvalue weighted by atomic mass is 9.48. The number of allylic oxidation sites excluding steroid dienone is 2. The van der Waals surface area contributed by atoms with Crippen LogP contribution < -0.4 is 0 Å². The van der Waals surface area contributed by atoms with Crippen molar-refractivity contribution >= 4 is 5.97 Å². The molecule has 0 amide bonds. The van der Waals surface area contributed by atoms with Crippen LogP contribution in [0.25, 0.3) is 0 Å². The summed E-state index contributed by atoms with van der Waals surface area (Å²) in [6, 6.07) is 0. The molecule has 4 rings (SSSR count). The first-order chi connectivity index (χ1) is 12.9. The zero-order valence-corrected chi connectivity index (χ0v) is 17.5. The third kappa shape index (κ3) is 3.01. The Labute approximate surface area is 164 Å². The Morgan fingerprint density at radius 1 is 1.26 bits per heavy atom. The van der Waals surface area contributed by atoms with Crippen LogP contribution >= 0.6 is 0 Å². The van der Waals surface area contributed by atoms with E-state index in [1.165, 1.54) is 19.3 Å². The second-order valence-corrected chi connectivity index (χ2v) is 9.91. The molecule has 3 unspecified atom stereocenters. The van der Waals surface area contributed by atoms with Crippen molar-refractivity contribution in [3.8, 4) is 0 Å². The van der Waals surface area contributed by atoms with E-state index >= 15 is 0 Å². The molecule has 0 aliphatic heterocycles. The van der Waals surface area contributed by atoms with E-state index in [-0.39, 0.29) is 17.5 Å². The normalized spacial score (nSPS) is 46.3. The molecular weight excluding hydrogens is 336 g/mol. The largest absolute Gasteiger partial charge is 0.462 e. The molecule has 0 aromatic rings. The van der Waals surface area contributed by atoms with Gasteiger partial charge in [-0.1, -0.05) is 31.1 Å². The van der Waals surface area contributed by atoms with Crippen molar-refractivity contribution in [1.29, 1.82) is 0 Å². The number of methoxy groups -OCH3 is 1. The zero-order valence-electron chi connectivity index (χ0n) is 17.5. The Morgan fingerprint density at radius 3 is 2.70 bits per heavy atom. The third-order valence-electron chi connectivity index (χ3n) is 8.57. The molecule has 4 aliphatic rings. The summed E-state index contributed by atoms with van der Waals surface area (Å²) >= 11 is 0. The molecule has 0 radical (unpaired) electrons. The minimum Gasteiger partial charge on any atom is -0.462 e. The second-order valence-electron chi connectivity index (χ2n) is 9.91. The topological polar surface area (TPSA) is 35.5 Å². The summed E-state index contributed by atoms with van der Waals surface area (Å²) in [6.45, 7) is 10.7. The third-order valence-corrected chi connectivity index (χ3v) is 8.57. The number of hydrogen-bond donors (Lipinski definition) is 0. The maximum atomic E-state index is 11.7. The Bertz CT molecular complexity index is 650. The highest BCUT2D eigenvalue weighted by atomic mass is 16.5. The van der Waals surface area contributed by atoms with Gasteiger partial charge in [-0.15, -0.1) is 6.58 Å². The van der Waals surface area contributed by atoms with E-state index in [0.717, 1.165) is 25.7 Å². The molecule has 0 aromatic carbocycles. The SMILES string of the molecule is C=C[C@H]1C[C@@]2(C)C(CC[C@@H]2OC(C)=O)C2C1C1=C(C[C@@H](OC)CC1)C[C@H]2C. The maximum absolute atomic E-state index is 11.7. The van der Waals surface area contributed by atoms with E-state index in [9.17, 15) is 4.79 Å². The molecule has 27 heavy (non-hydrogen) atoms. The average Bonchev–Trinajstić information content (AvgIpc) is 2.95. The predicted molar refractivity (Wildman–Crippen MR) is 107 cm³/mol. The average molecular weight is 373 g/mol. The molecule has 0 spiro atoms. The van der Waals surface area contributed by atoms with Gasteiger partial charge in [0, 0.05) is 19.4 Å². The first-order valence-corrected chi connectivity index (χ1v) is 10.9. The molecule has 2 fully saturated rings. The zero-order chi connectivity index (χ0) is 19.3. The van der Waals surface area contributed by atoms with Gasteiger partial charge >= 0.3 is 5.97 Å². The standard InChI is InChI=1S/C24H36O3/c1-6-16-13-24(4)20(9-10-21(24)27-15(3)25)22-14(2)11-17-12-18(26-5)7-8-19(17)23(16)22/h6,14,16,18,20-23H,1,7-13H2,2-5H3/t14-,16+,18+,20?,21+,22?,23?,24+/m1/s1. The molecule has 3 heteroatoms. The fourth-order valence-corrected chi connectivity index (χ4v) is 7.52. The number of carbonyl (C=O) groups is 1.